The summed E-state index contributed by atoms with van der Waals surface area (Å²) in [5.41, 5.74) is 7.98. The molecule has 1 fully saturated rings. The summed E-state index contributed by atoms with van der Waals surface area (Å²) in [6.45, 7) is 2.50. The molecule has 6 heteroatoms. The third kappa shape index (κ3) is 5.55. The van der Waals surface area contributed by atoms with Crippen LogP contribution in [0.25, 0.3) is 0 Å². The normalized spacial score (nSPS) is 16.3. The van der Waals surface area contributed by atoms with E-state index in [0.29, 0.717) is 30.8 Å². The predicted octanol–water partition coefficient (Wildman–Crippen LogP) is 2.85. The van der Waals surface area contributed by atoms with Crippen LogP contribution in [-0.4, -0.2) is 36.3 Å². The van der Waals surface area contributed by atoms with Crippen molar-refractivity contribution < 1.29 is 9.59 Å². The number of hydrogen-bond acceptors (Lipinski definition) is 3. The number of carbonyl (C=O) groups is 2. The Morgan fingerprint density at radius 1 is 1.04 bits per heavy atom. The summed E-state index contributed by atoms with van der Waals surface area (Å²) in [5, 5.41) is 2.99. The molecule has 27 heavy (non-hydrogen) atoms. The largest absolute Gasteiger partial charge is 0.352 e. The first-order chi connectivity index (χ1) is 12.7. The van der Waals surface area contributed by atoms with E-state index in [2.05, 4.69) is 5.32 Å². The van der Waals surface area contributed by atoms with Gasteiger partial charge in [0.15, 0.2) is 0 Å². The van der Waals surface area contributed by atoms with Crippen LogP contribution in [0.4, 0.5) is 0 Å². The molecular weight excluding hydrogens is 362 g/mol. The molecule has 0 radical (unpaired) electrons. The lowest BCUT2D eigenvalue weighted by Gasteiger charge is -2.33. The van der Waals surface area contributed by atoms with Gasteiger partial charge in [0.1, 0.15) is 0 Å². The van der Waals surface area contributed by atoms with Gasteiger partial charge in [-0.3, -0.25) is 9.59 Å². The minimum absolute atomic E-state index is 0. The van der Waals surface area contributed by atoms with Gasteiger partial charge in [-0.15, -0.1) is 12.4 Å². The van der Waals surface area contributed by atoms with E-state index in [0.717, 1.165) is 24.9 Å². The topological polar surface area (TPSA) is 75.4 Å². The smallest absolute Gasteiger partial charge is 0.253 e. The summed E-state index contributed by atoms with van der Waals surface area (Å²) < 4.78 is 0. The van der Waals surface area contributed by atoms with Gasteiger partial charge in [0.25, 0.3) is 11.8 Å². The Kier molecular flexibility index (Phi) is 7.82. The van der Waals surface area contributed by atoms with E-state index in [9.17, 15) is 9.59 Å². The first-order valence-corrected chi connectivity index (χ1v) is 9.09. The lowest BCUT2D eigenvalue weighted by molar-refractivity contribution is 0.0671. The third-order valence-corrected chi connectivity index (χ3v) is 4.83. The molecule has 2 aromatic carbocycles. The minimum Gasteiger partial charge on any atom is -0.352 e. The van der Waals surface area contributed by atoms with E-state index in [1.54, 1.807) is 12.1 Å². The van der Waals surface area contributed by atoms with Crippen LogP contribution >= 0.6 is 12.4 Å². The highest BCUT2D eigenvalue weighted by Gasteiger charge is 2.24. The Morgan fingerprint density at radius 2 is 1.74 bits per heavy atom. The van der Waals surface area contributed by atoms with Gasteiger partial charge in [0.05, 0.1) is 0 Å². The molecular formula is C21H26ClN3O2. The summed E-state index contributed by atoms with van der Waals surface area (Å²) in [6, 6.07) is 16.7. The summed E-state index contributed by atoms with van der Waals surface area (Å²) in [5.74, 6) is 0.266. The fourth-order valence-electron chi connectivity index (χ4n) is 3.31. The SMILES string of the molecule is Cl.NCc1ccc(C(=O)N2CCCC(CNC(=O)c3ccccc3)C2)cc1. The van der Waals surface area contributed by atoms with Crippen molar-refractivity contribution in [3.8, 4) is 0 Å². The molecule has 2 aromatic rings. The molecule has 0 aromatic heterocycles. The Morgan fingerprint density at radius 3 is 2.41 bits per heavy atom. The number of piperidine rings is 1. The van der Waals surface area contributed by atoms with E-state index < -0.39 is 0 Å². The number of amides is 2. The molecule has 0 aliphatic carbocycles. The summed E-state index contributed by atoms with van der Waals surface area (Å²) in [6.07, 6.45) is 1.98. The van der Waals surface area contributed by atoms with Crippen LogP contribution in [0.5, 0.6) is 0 Å². The van der Waals surface area contributed by atoms with Crippen LogP contribution in [0.2, 0.25) is 0 Å². The quantitative estimate of drug-likeness (QED) is 0.828. The highest BCUT2D eigenvalue weighted by atomic mass is 35.5. The average molecular weight is 388 g/mol. The number of benzene rings is 2. The second-order valence-corrected chi connectivity index (χ2v) is 6.74. The lowest BCUT2D eigenvalue weighted by atomic mass is 9.97. The number of nitrogens with one attached hydrogen (secondary N) is 1. The molecule has 3 rings (SSSR count). The maximum absolute atomic E-state index is 12.7. The molecule has 0 bridgehead atoms. The van der Waals surface area contributed by atoms with E-state index >= 15 is 0 Å². The molecule has 144 valence electrons. The van der Waals surface area contributed by atoms with Crippen LogP contribution in [0.3, 0.4) is 0 Å². The van der Waals surface area contributed by atoms with Crippen LogP contribution in [-0.2, 0) is 6.54 Å². The first kappa shape index (κ1) is 20.9. The number of nitrogens with zero attached hydrogens (tertiary/aromatic N) is 1. The molecule has 0 spiro atoms. The van der Waals surface area contributed by atoms with E-state index in [-0.39, 0.29) is 30.1 Å². The van der Waals surface area contributed by atoms with Gasteiger partial charge in [0.2, 0.25) is 0 Å². The van der Waals surface area contributed by atoms with Crippen molar-refractivity contribution in [1.82, 2.24) is 10.2 Å². The van der Waals surface area contributed by atoms with Crippen LogP contribution in [0.15, 0.2) is 54.6 Å². The molecule has 1 saturated heterocycles. The first-order valence-electron chi connectivity index (χ1n) is 9.09. The summed E-state index contributed by atoms with van der Waals surface area (Å²) in [7, 11) is 0. The monoisotopic (exact) mass is 387 g/mol. The molecule has 2 amide bonds. The van der Waals surface area contributed by atoms with Gasteiger partial charge in [-0.25, -0.2) is 0 Å². The molecule has 1 aliphatic rings. The van der Waals surface area contributed by atoms with E-state index in [1.807, 2.05) is 47.4 Å². The van der Waals surface area contributed by atoms with Crippen molar-refractivity contribution in [2.75, 3.05) is 19.6 Å². The Labute approximate surface area is 166 Å². The lowest BCUT2D eigenvalue weighted by Crippen LogP contribution is -2.43. The fraction of sp³-hybridized carbons (Fsp3) is 0.333. The van der Waals surface area contributed by atoms with Gasteiger partial charge < -0.3 is 16.0 Å². The van der Waals surface area contributed by atoms with Crippen LogP contribution < -0.4 is 11.1 Å². The second kappa shape index (κ2) is 10.1. The molecule has 0 saturated carbocycles. The molecule has 3 N–H and O–H groups in total. The molecule has 1 aliphatic heterocycles. The summed E-state index contributed by atoms with van der Waals surface area (Å²) >= 11 is 0. The van der Waals surface area contributed by atoms with Crippen molar-refractivity contribution in [3.05, 3.63) is 71.3 Å². The molecule has 1 heterocycles. The van der Waals surface area contributed by atoms with Gasteiger partial charge >= 0.3 is 0 Å². The number of hydrogen-bond donors (Lipinski definition) is 2. The Balaban J connectivity index is 0.00000261. The highest BCUT2D eigenvalue weighted by molar-refractivity contribution is 5.95. The average Bonchev–Trinajstić information content (AvgIpc) is 2.72. The van der Waals surface area contributed by atoms with Gasteiger partial charge in [-0.1, -0.05) is 30.3 Å². The highest BCUT2D eigenvalue weighted by Crippen LogP contribution is 2.18. The second-order valence-electron chi connectivity index (χ2n) is 6.74. The third-order valence-electron chi connectivity index (χ3n) is 4.83. The molecule has 1 atom stereocenters. The summed E-state index contributed by atoms with van der Waals surface area (Å²) in [4.78, 5) is 26.8. The van der Waals surface area contributed by atoms with Gasteiger partial charge in [0, 0.05) is 37.3 Å². The van der Waals surface area contributed by atoms with Crippen LogP contribution in [0, 0.1) is 5.92 Å². The van der Waals surface area contributed by atoms with E-state index in [1.165, 1.54) is 0 Å². The fourth-order valence-corrected chi connectivity index (χ4v) is 3.31. The number of carbonyl (C=O) groups excluding carboxylic acids is 2. The number of nitrogens with two attached hydrogens (primary N) is 1. The molecule has 5 nitrogen and oxygen atoms in total. The number of likely N-dealkylation sites (tertiary alicyclic amines) is 1. The van der Waals surface area contributed by atoms with Crippen LogP contribution in [0.1, 0.15) is 39.1 Å². The Hall–Kier alpha value is -2.37. The zero-order valence-electron chi connectivity index (χ0n) is 15.3. The van der Waals surface area contributed by atoms with Crippen molar-refractivity contribution in [2.45, 2.75) is 19.4 Å². The van der Waals surface area contributed by atoms with Crippen molar-refractivity contribution in [1.29, 1.82) is 0 Å². The van der Waals surface area contributed by atoms with Gasteiger partial charge in [-0.2, -0.15) is 0 Å². The Bertz CT molecular complexity index is 750. The van der Waals surface area contributed by atoms with Crippen molar-refractivity contribution in [2.24, 2.45) is 11.7 Å². The van der Waals surface area contributed by atoms with E-state index in [4.69, 9.17) is 5.73 Å². The van der Waals surface area contributed by atoms with Crippen molar-refractivity contribution >= 4 is 24.2 Å². The van der Waals surface area contributed by atoms with Gasteiger partial charge in [-0.05, 0) is 48.6 Å². The zero-order valence-corrected chi connectivity index (χ0v) is 16.1. The maximum atomic E-state index is 12.7. The number of halogens is 1. The molecule has 1 unspecified atom stereocenters. The number of rotatable bonds is 5. The standard InChI is InChI=1S/C21H25N3O2.ClH/c22-13-16-8-10-19(11-9-16)21(26)24-12-4-5-17(15-24)14-23-20(25)18-6-2-1-3-7-18;/h1-3,6-11,17H,4-5,12-15,22H2,(H,23,25);1H. The zero-order chi connectivity index (χ0) is 18.4. The maximum Gasteiger partial charge on any atom is 0.253 e. The predicted molar refractivity (Wildman–Crippen MR) is 109 cm³/mol. The van der Waals surface area contributed by atoms with Crippen molar-refractivity contribution in [3.63, 3.8) is 0 Å². The minimum atomic E-state index is -0.0635.